The summed E-state index contributed by atoms with van der Waals surface area (Å²) in [7, 11) is 0. The quantitative estimate of drug-likeness (QED) is 0.0554. The molecule has 1 spiro atoms. The lowest BCUT2D eigenvalue weighted by Gasteiger charge is -2.38. The molecule has 3 aromatic carbocycles. The van der Waals surface area contributed by atoms with Crippen molar-refractivity contribution in [2.24, 2.45) is 45.5 Å². The van der Waals surface area contributed by atoms with E-state index in [-0.39, 0.29) is 55.7 Å². The number of phenols is 2. The van der Waals surface area contributed by atoms with Gasteiger partial charge in [-0.25, -0.2) is 4.99 Å². The van der Waals surface area contributed by atoms with E-state index in [1.165, 1.54) is 24.3 Å². The molecule has 4 unspecified atom stereocenters. The minimum atomic E-state index is -1.96. The molecule has 6 aliphatic rings. The van der Waals surface area contributed by atoms with Crippen LogP contribution >= 0.6 is 0 Å². The number of Topliss-reactive ketones (excluding diaryl/α,β-unsaturated/α-hetero) is 1. The molecule has 16 nitrogen and oxygen atoms in total. The van der Waals surface area contributed by atoms with Crippen molar-refractivity contribution < 1.29 is 53.8 Å². The minimum absolute atomic E-state index is 0.0525. The number of esters is 1. The summed E-state index contributed by atoms with van der Waals surface area (Å²) >= 11 is 0. The van der Waals surface area contributed by atoms with Crippen LogP contribution in [-0.4, -0.2) is 104 Å². The second-order valence-corrected chi connectivity index (χ2v) is 22.8. The zero-order valence-electron chi connectivity index (χ0n) is 45.7. The number of likely N-dealkylation sites (tertiary alicyclic amines) is 1. The maximum absolute atomic E-state index is 14.9. The summed E-state index contributed by atoms with van der Waals surface area (Å²) in [6.45, 7) is 20.2. The van der Waals surface area contributed by atoms with Gasteiger partial charge in [0, 0.05) is 79.7 Å². The maximum Gasteiger partial charge on any atom is 0.315 e. The number of carbonyl (C=O) groups is 4. The number of allylic oxidation sites excluding steroid dienone is 4. The number of phenolic OH excluding ortho intramolecular Hbond substituents is 2. The van der Waals surface area contributed by atoms with Crippen LogP contribution in [0.5, 0.6) is 17.2 Å². The number of carbonyl (C=O) groups excluding carboxylic acids is 4. The largest absolute Gasteiger partial charge is 0.507 e. The Bertz CT molecular complexity index is 2990. The van der Waals surface area contributed by atoms with E-state index in [4.69, 9.17) is 19.2 Å². The molecule has 1 aliphatic carbocycles. The van der Waals surface area contributed by atoms with Gasteiger partial charge in [-0.15, -0.1) is 0 Å². The zero-order chi connectivity index (χ0) is 55.0. The third-order valence-electron chi connectivity index (χ3n) is 16.5. The highest BCUT2D eigenvalue weighted by atomic mass is 16.7. The van der Waals surface area contributed by atoms with Gasteiger partial charge < -0.3 is 50.2 Å². The van der Waals surface area contributed by atoms with Crippen LogP contribution in [0.25, 0.3) is 10.8 Å². The van der Waals surface area contributed by atoms with Crippen LogP contribution in [-0.2, 0) is 30.3 Å². The number of ether oxygens (including phenoxy) is 3. The Morgan fingerprint density at radius 2 is 1.63 bits per heavy atom. The van der Waals surface area contributed by atoms with Crippen molar-refractivity contribution in [1.29, 1.82) is 0 Å². The number of rotatable bonds is 8. The molecule has 0 aromatic heterocycles. The number of ketones is 1. The SMILES string of the molecule is C/C1=C/C=C/C(C)[C@H](O)[C@@H](C)C(O)[C@@H](C)[C@H](OC(=O)CC(=O)NC2CC=C(Cc3ccccc3)CC2)[C@H](C)[C@@H](C)/C=C/OC2(C)Oc3c(C)c(O)c4c(O)c(c5c(c4c3C2=O)NC2(CCN(CC(C)C)CC2)N=5)=NC1=O. The highest BCUT2D eigenvalue weighted by molar-refractivity contribution is 6.21. The van der Waals surface area contributed by atoms with Gasteiger partial charge >= 0.3 is 11.8 Å². The first kappa shape index (κ1) is 55.9. The predicted molar refractivity (Wildman–Crippen MR) is 289 cm³/mol. The first-order valence-electron chi connectivity index (χ1n) is 27.1. The molecule has 76 heavy (non-hydrogen) atoms. The highest BCUT2D eigenvalue weighted by Crippen LogP contribution is 2.51. The molecule has 10 atom stereocenters. The number of hydrogen-bond acceptors (Lipinski definition) is 14. The molecule has 5 aliphatic heterocycles. The van der Waals surface area contributed by atoms with Gasteiger partial charge in [-0.2, -0.15) is 0 Å². The number of aromatic hydroxyl groups is 2. The Hall–Kier alpha value is -6.36. The zero-order valence-corrected chi connectivity index (χ0v) is 45.7. The van der Waals surface area contributed by atoms with Crippen LogP contribution in [0, 0.1) is 42.4 Å². The average Bonchev–Trinajstić information content (AvgIpc) is 3.96. The van der Waals surface area contributed by atoms with Crippen molar-refractivity contribution in [3.8, 4) is 17.2 Å². The van der Waals surface area contributed by atoms with Gasteiger partial charge in [-0.1, -0.05) is 109 Å². The third kappa shape index (κ3) is 11.5. The Balaban J connectivity index is 1.11. The van der Waals surface area contributed by atoms with Gasteiger partial charge in [-0.05, 0) is 68.9 Å². The highest BCUT2D eigenvalue weighted by Gasteiger charge is 2.51. The van der Waals surface area contributed by atoms with E-state index in [1.807, 2.05) is 32.0 Å². The van der Waals surface area contributed by atoms with Gasteiger partial charge in [0.2, 0.25) is 5.91 Å². The lowest BCUT2D eigenvalue weighted by atomic mass is 9.77. The number of aliphatic hydroxyl groups is 2. The Morgan fingerprint density at radius 3 is 2.30 bits per heavy atom. The Labute approximate surface area is 445 Å². The number of nitrogens with zero attached hydrogens (tertiary/aromatic N) is 3. The fourth-order valence-corrected chi connectivity index (χ4v) is 11.6. The predicted octanol–water partition coefficient (Wildman–Crippen LogP) is 7.58. The number of hydrogen-bond donors (Lipinski definition) is 6. The van der Waals surface area contributed by atoms with Crippen molar-refractivity contribution in [3.05, 3.63) is 106 Å². The van der Waals surface area contributed by atoms with Gasteiger partial charge in [-0.3, -0.25) is 24.2 Å². The number of fused-ring (bicyclic) bond motifs is 13. The second kappa shape index (κ2) is 22.7. The summed E-state index contributed by atoms with van der Waals surface area (Å²) in [4.78, 5) is 68.1. The van der Waals surface area contributed by atoms with Gasteiger partial charge in [0.05, 0.1) is 35.1 Å². The van der Waals surface area contributed by atoms with Crippen LogP contribution in [0.4, 0.5) is 5.69 Å². The van der Waals surface area contributed by atoms with Crippen molar-refractivity contribution >= 4 is 40.0 Å². The standard InChI is InChI=1S/C60H77N5O11/c1-32(2)31-65-26-24-60(25-27-65)63-48-45-46-53(70)39(9)56-47(45)57(72)59(10,76-56)74-28-23-33(3)36(6)55(75-44(67)30-43(66)61-42-21-19-41(20-22-42)29-40-17-12-11-13-18-40)38(8)52(69)37(7)51(68)34(4)15-14-16-35(5)58(73)62-50(54(46)71)49(48)64-60/h11-19,23,28,32-34,36-38,42,51-52,55,63,68-71H,20-22,24-27,29-31H2,1-10H3,(H,61,66)/b15-14+,28-23+,35-16-,62-50?/t33-,34?,36+,37+,38+,42?,51-,52?,55+,59?/m0/s1. The van der Waals surface area contributed by atoms with Crippen LogP contribution in [0.1, 0.15) is 122 Å². The molecule has 408 valence electrons. The summed E-state index contributed by atoms with van der Waals surface area (Å²) in [5, 5.41) is 54.5. The number of piperidine rings is 1. The van der Waals surface area contributed by atoms with Crippen molar-refractivity contribution in [1.82, 2.24) is 10.2 Å². The van der Waals surface area contributed by atoms with Crippen LogP contribution < -0.4 is 26.1 Å². The summed E-state index contributed by atoms with van der Waals surface area (Å²) < 4.78 is 18.8. The fraction of sp³-hybridized carbons (Fsp3) is 0.533. The molecule has 1 fully saturated rings. The number of amides is 2. The fourth-order valence-electron chi connectivity index (χ4n) is 11.6. The van der Waals surface area contributed by atoms with Crippen molar-refractivity contribution in [3.63, 3.8) is 0 Å². The molecule has 3 aromatic rings. The Kier molecular flexibility index (Phi) is 16.7. The molecule has 0 saturated carbocycles. The smallest absolute Gasteiger partial charge is 0.315 e. The van der Waals surface area contributed by atoms with E-state index in [1.54, 1.807) is 58.9 Å². The van der Waals surface area contributed by atoms with E-state index in [9.17, 15) is 39.6 Å². The lowest BCUT2D eigenvalue weighted by molar-refractivity contribution is -0.162. The van der Waals surface area contributed by atoms with E-state index >= 15 is 0 Å². The average molecular weight is 1040 g/mol. The molecular formula is C60H77N5O11. The summed E-state index contributed by atoms with van der Waals surface area (Å²) in [5.41, 5.74) is 2.38. The second-order valence-electron chi connectivity index (χ2n) is 22.8. The van der Waals surface area contributed by atoms with E-state index < -0.39 is 95.1 Å². The number of aliphatic hydroxyl groups excluding tert-OH is 2. The molecule has 5 bridgehead atoms. The van der Waals surface area contributed by atoms with Crippen molar-refractivity contribution in [2.45, 2.75) is 150 Å². The normalized spacial score (nSPS) is 30.5. The van der Waals surface area contributed by atoms with Crippen LogP contribution in [0.15, 0.2) is 88.1 Å². The topological polar surface area (TPSA) is 229 Å². The number of benzene rings is 3. The molecule has 16 heteroatoms. The van der Waals surface area contributed by atoms with Crippen LogP contribution in [0.3, 0.4) is 0 Å². The van der Waals surface area contributed by atoms with E-state index in [0.717, 1.165) is 25.8 Å². The summed E-state index contributed by atoms with van der Waals surface area (Å²) in [5.74, 6) is -7.87. The molecule has 2 amide bonds. The third-order valence-corrected chi connectivity index (χ3v) is 16.5. The maximum atomic E-state index is 14.9. The first-order chi connectivity index (χ1) is 36.0. The molecule has 5 heterocycles. The van der Waals surface area contributed by atoms with Crippen LogP contribution in [0.2, 0.25) is 0 Å². The van der Waals surface area contributed by atoms with E-state index in [0.29, 0.717) is 44.0 Å². The molecule has 1 saturated heterocycles. The molecule has 0 radical (unpaired) electrons. The summed E-state index contributed by atoms with van der Waals surface area (Å²) in [6, 6.07) is 10.1. The molecule has 6 N–H and O–H groups in total. The molecular weight excluding hydrogens is 967 g/mol. The minimum Gasteiger partial charge on any atom is -0.507 e. The van der Waals surface area contributed by atoms with E-state index in [2.05, 4.69) is 52.6 Å². The molecule has 9 rings (SSSR count). The first-order valence-corrected chi connectivity index (χ1v) is 27.1. The van der Waals surface area contributed by atoms with Gasteiger partial charge in [0.1, 0.15) is 40.4 Å². The monoisotopic (exact) mass is 1040 g/mol. The Morgan fingerprint density at radius 1 is 0.921 bits per heavy atom. The lowest BCUT2D eigenvalue weighted by Crippen LogP contribution is -2.47. The van der Waals surface area contributed by atoms with Crippen molar-refractivity contribution in [2.75, 3.05) is 25.0 Å². The van der Waals surface area contributed by atoms with Gasteiger partial charge in [0.25, 0.3) is 11.7 Å². The number of nitrogens with one attached hydrogen (secondary N) is 2. The van der Waals surface area contributed by atoms with Gasteiger partial charge in [0.15, 0.2) is 5.75 Å². The summed E-state index contributed by atoms with van der Waals surface area (Å²) in [6.07, 6.45) is 10.5. The number of anilines is 1.